The molecule has 0 atom stereocenters. The lowest BCUT2D eigenvalue weighted by molar-refractivity contribution is 0.0946. The third-order valence-corrected chi connectivity index (χ3v) is 3.93. The van der Waals surface area contributed by atoms with E-state index in [2.05, 4.69) is 10.3 Å². The summed E-state index contributed by atoms with van der Waals surface area (Å²) in [5.74, 6) is 0.613. The minimum Gasteiger partial charge on any atom is -0.497 e. The molecule has 24 heavy (non-hydrogen) atoms. The molecule has 0 fully saturated rings. The monoisotopic (exact) mass is 324 g/mol. The molecule has 0 bridgehead atoms. The number of rotatable bonds is 6. The van der Waals surface area contributed by atoms with Crippen LogP contribution in [0.4, 0.5) is 0 Å². The average Bonchev–Trinajstić information content (AvgIpc) is 3.04. The third-order valence-electron chi connectivity index (χ3n) is 3.93. The summed E-state index contributed by atoms with van der Waals surface area (Å²) in [6.45, 7) is 0.981. The van der Waals surface area contributed by atoms with E-state index in [1.165, 1.54) is 0 Å². The van der Waals surface area contributed by atoms with Crippen LogP contribution in [0.5, 0.6) is 5.75 Å². The molecular weight excluding hydrogens is 304 g/mol. The Hall–Kier alpha value is -2.79. The van der Waals surface area contributed by atoms with Crippen molar-refractivity contribution in [3.63, 3.8) is 0 Å². The van der Waals surface area contributed by atoms with E-state index < -0.39 is 0 Å². The normalized spacial score (nSPS) is 10.8. The minimum absolute atomic E-state index is 0.141. The number of benzene rings is 2. The highest BCUT2D eigenvalue weighted by Crippen LogP contribution is 2.21. The second-order valence-electron chi connectivity index (χ2n) is 5.52. The van der Waals surface area contributed by atoms with Crippen molar-refractivity contribution in [1.29, 1.82) is 0 Å². The standard InChI is InChI=1S/C19H20N2O3/c1-23-12-15-6-4-3-5-14(15)11-20-19(22)18-9-13-7-8-16(24-2)10-17(13)21-18/h3-10,21H,11-12H2,1-2H3,(H,20,22). The quantitative estimate of drug-likeness (QED) is 0.731. The van der Waals surface area contributed by atoms with Crippen molar-refractivity contribution in [3.05, 3.63) is 65.4 Å². The molecular formula is C19H20N2O3. The van der Waals surface area contributed by atoms with E-state index in [4.69, 9.17) is 9.47 Å². The lowest BCUT2D eigenvalue weighted by atomic mass is 10.1. The lowest BCUT2D eigenvalue weighted by Gasteiger charge is -2.09. The number of aromatic nitrogens is 1. The molecule has 5 nitrogen and oxygen atoms in total. The van der Waals surface area contributed by atoms with Gasteiger partial charge in [0.05, 0.1) is 13.7 Å². The van der Waals surface area contributed by atoms with Gasteiger partial charge in [-0.25, -0.2) is 0 Å². The van der Waals surface area contributed by atoms with Crippen LogP contribution < -0.4 is 10.1 Å². The van der Waals surface area contributed by atoms with E-state index in [1.807, 2.05) is 48.5 Å². The van der Waals surface area contributed by atoms with Gasteiger partial charge >= 0.3 is 0 Å². The molecule has 0 radical (unpaired) electrons. The Labute approximate surface area is 140 Å². The maximum absolute atomic E-state index is 12.4. The Morgan fingerprint density at radius 3 is 2.62 bits per heavy atom. The summed E-state index contributed by atoms with van der Waals surface area (Å²) in [4.78, 5) is 15.5. The van der Waals surface area contributed by atoms with Gasteiger partial charge in [-0.3, -0.25) is 4.79 Å². The van der Waals surface area contributed by atoms with Crippen LogP contribution in [0.25, 0.3) is 10.9 Å². The molecule has 0 unspecified atom stereocenters. The van der Waals surface area contributed by atoms with Gasteiger partial charge in [0.25, 0.3) is 5.91 Å². The third kappa shape index (κ3) is 3.41. The van der Waals surface area contributed by atoms with Gasteiger partial charge < -0.3 is 19.8 Å². The highest BCUT2D eigenvalue weighted by Gasteiger charge is 2.11. The predicted molar refractivity (Wildman–Crippen MR) is 93.2 cm³/mol. The second-order valence-corrected chi connectivity index (χ2v) is 5.52. The van der Waals surface area contributed by atoms with Gasteiger partial charge in [-0.15, -0.1) is 0 Å². The molecule has 2 aromatic carbocycles. The molecule has 0 spiro atoms. The molecule has 3 aromatic rings. The fourth-order valence-corrected chi connectivity index (χ4v) is 2.65. The Bertz CT molecular complexity index is 855. The highest BCUT2D eigenvalue weighted by atomic mass is 16.5. The van der Waals surface area contributed by atoms with Crippen LogP contribution in [-0.2, 0) is 17.9 Å². The van der Waals surface area contributed by atoms with Gasteiger partial charge in [0.2, 0.25) is 0 Å². The predicted octanol–water partition coefficient (Wildman–Crippen LogP) is 3.25. The number of hydrogen-bond acceptors (Lipinski definition) is 3. The molecule has 2 N–H and O–H groups in total. The smallest absolute Gasteiger partial charge is 0.267 e. The summed E-state index contributed by atoms with van der Waals surface area (Å²) >= 11 is 0. The number of carbonyl (C=O) groups excluding carboxylic acids is 1. The molecule has 0 saturated heterocycles. The Morgan fingerprint density at radius 1 is 1.08 bits per heavy atom. The number of aromatic amines is 1. The van der Waals surface area contributed by atoms with Crippen LogP contribution in [0.1, 0.15) is 21.6 Å². The molecule has 5 heteroatoms. The van der Waals surface area contributed by atoms with Gasteiger partial charge in [0, 0.05) is 30.6 Å². The fourth-order valence-electron chi connectivity index (χ4n) is 2.65. The van der Waals surface area contributed by atoms with Crippen molar-refractivity contribution in [3.8, 4) is 5.75 Å². The summed E-state index contributed by atoms with van der Waals surface area (Å²) in [7, 11) is 3.28. The van der Waals surface area contributed by atoms with Crippen molar-refractivity contribution in [2.75, 3.05) is 14.2 Å². The van der Waals surface area contributed by atoms with E-state index in [1.54, 1.807) is 14.2 Å². The van der Waals surface area contributed by atoms with Crippen LogP contribution in [0, 0.1) is 0 Å². The van der Waals surface area contributed by atoms with E-state index in [0.29, 0.717) is 18.8 Å². The number of ether oxygens (including phenoxy) is 2. The maximum atomic E-state index is 12.4. The summed E-state index contributed by atoms with van der Waals surface area (Å²) in [6, 6.07) is 15.4. The molecule has 0 aliphatic heterocycles. The Balaban J connectivity index is 1.73. The molecule has 1 heterocycles. The van der Waals surface area contributed by atoms with Gasteiger partial charge in [0.15, 0.2) is 0 Å². The zero-order valence-electron chi connectivity index (χ0n) is 13.8. The first-order chi connectivity index (χ1) is 11.7. The highest BCUT2D eigenvalue weighted by molar-refractivity contribution is 5.98. The number of carbonyl (C=O) groups is 1. The first-order valence-corrected chi connectivity index (χ1v) is 7.72. The number of hydrogen-bond donors (Lipinski definition) is 2. The van der Waals surface area contributed by atoms with Crippen molar-refractivity contribution in [1.82, 2.24) is 10.3 Å². The average molecular weight is 324 g/mol. The van der Waals surface area contributed by atoms with E-state index >= 15 is 0 Å². The van der Waals surface area contributed by atoms with Crippen LogP contribution in [0.2, 0.25) is 0 Å². The van der Waals surface area contributed by atoms with Gasteiger partial charge in [0.1, 0.15) is 11.4 Å². The number of fused-ring (bicyclic) bond motifs is 1. The largest absolute Gasteiger partial charge is 0.497 e. The maximum Gasteiger partial charge on any atom is 0.267 e. The molecule has 3 rings (SSSR count). The van der Waals surface area contributed by atoms with Crippen molar-refractivity contribution in [2.24, 2.45) is 0 Å². The van der Waals surface area contributed by atoms with Gasteiger partial charge in [-0.05, 0) is 29.3 Å². The SMILES string of the molecule is COCc1ccccc1CNC(=O)c1cc2ccc(OC)cc2[nH]1. The van der Waals surface area contributed by atoms with E-state index in [9.17, 15) is 4.79 Å². The fraction of sp³-hybridized carbons (Fsp3) is 0.211. The molecule has 0 aliphatic rings. The van der Waals surface area contributed by atoms with Crippen molar-refractivity contribution >= 4 is 16.8 Å². The van der Waals surface area contributed by atoms with E-state index in [-0.39, 0.29) is 5.91 Å². The van der Waals surface area contributed by atoms with Crippen LogP contribution >= 0.6 is 0 Å². The zero-order valence-corrected chi connectivity index (χ0v) is 13.8. The Kier molecular flexibility index (Phi) is 4.82. The molecule has 1 aromatic heterocycles. The van der Waals surface area contributed by atoms with Crippen molar-refractivity contribution < 1.29 is 14.3 Å². The Morgan fingerprint density at radius 2 is 1.88 bits per heavy atom. The number of methoxy groups -OCH3 is 2. The summed E-state index contributed by atoms with van der Waals surface area (Å²) in [6.07, 6.45) is 0. The number of amides is 1. The molecule has 1 amide bonds. The minimum atomic E-state index is -0.141. The first kappa shape index (κ1) is 16.1. The summed E-state index contributed by atoms with van der Waals surface area (Å²) in [5.41, 5.74) is 3.52. The first-order valence-electron chi connectivity index (χ1n) is 7.72. The molecule has 124 valence electrons. The van der Waals surface area contributed by atoms with Crippen LogP contribution in [-0.4, -0.2) is 25.1 Å². The molecule has 0 aliphatic carbocycles. The van der Waals surface area contributed by atoms with Gasteiger partial charge in [-0.1, -0.05) is 24.3 Å². The second kappa shape index (κ2) is 7.19. The van der Waals surface area contributed by atoms with Crippen LogP contribution in [0.3, 0.4) is 0 Å². The number of H-pyrrole nitrogens is 1. The number of nitrogens with one attached hydrogen (secondary N) is 2. The lowest BCUT2D eigenvalue weighted by Crippen LogP contribution is -2.23. The molecule has 0 saturated carbocycles. The van der Waals surface area contributed by atoms with Gasteiger partial charge in [-0.2, -0.15) is 0 Å². The summed E-state index contributed by atoms with van der Waals surface area (Å²) < 4.78 is 10.4. The summed E-state index contributed by atoms with van der Waals surface area (Å²) in [5, 5.41) is 3.92. The zero-order chi connectivity index (χ0) is 16.9. The topological polar surface area (TPSA) is 63.4 Å². The van der Waals surface area contributed by atoms with E-state index in [0.717, 1.165) is 27.8 Å². The van der Waals surface area contributed by atoms with Crippen LogP contribution in [0.15, 0.2) is 48.5 Å². The van der Waals surface area contributed by atoms with Crippen molar-refractivity contribution in [2.45, 2.75) is 13.2 Å².